The molecule has 1 aliphatic rings. The Bertz CT molecular complexity index is 466. The molecular weight excluding hydrogens is 325 g/mol. The standard InChI is InChI=1S/C17H32BNO6/c1-7-23-14(22)17(12-20,19-13(2)21)10-8-9-11-18-24-15(3,4)16(5,6)25-18/h20H,7-12H2,1-6H3,(H,19,21). The van der Waals surface area contributed by atoms with Crippen molar-refractivity contribution in [1.29, 1.82) is 0 Å². The van der Waals surface area contributed by atoms with Crippen molar-refractivity contribution in [3.05, 3.63) is 0 Å². The fourth-order valence-corrected chi connectivity index (χ4v) is 2.83. The van der Waals surface area contributed by atoms with E-state index in [9.17, 15) is 14.7 Å². The van der Waals surface area contributed by atoms with E-state index in [4.69, 9.17) is 14.0 Å². The van der Waals surface area contributed by atoms with Gasteiger partial charge in [-0.2, -0.15) is 0 Å². The first-order valence-corrected chi connectivity index (χ1v) is 8.92. The van der Waals surface area contributed by atoms with Gasteiger partial charge in [-0.25, -0.2) is 4.79 Å². The summed E-state index contributed by atoms with van der Waals surface area (Å²) in [4.78, 5) is 23.6. The van der Waals surface area contributed by atoms with Crippen molar-refractivity contribution in [3.63, 3.8) is 0 Å². The van der Waals surface area contributed by atoms with Crippen LogP contribution in [0.15, 0.2) is 0 Å². The molecule has 0 aromatic rings. The Kier molecular flexibility index (Phi) is 7.47. The molecule has 1 aliphatic heterocycles. The summed E-state index contributed by atoms with van der Waals surface area (Å²) in [7, 11) is -0.295. The van der Waals surface area contributed by atoms with E-state index in [0.29, 0.717) is 19.2 Å². The van der Waals surface area contributed by atoms with Crippen LogP contribution in [0.25, 0.3) is 0 Å². The predicted molar refractivity (Wildman–Crippen MR) is 95.0 cm³/mol. The second kappa shape index (κ2) is 8.51. The highest BCUT2D eigenvalue weighted by Crippen LogP contribution is 2.38. The lowest BCUT2D eigenvalue weighted by Gasteiger charge is -2.32. The molecule has 7 nitrogen and oxygen atoms in total. The smallest absolute Gasteiger partial charge is 0.457 e. The molecule has 0 bridgehead atoms. The van der Waals surface area contributed by atoms with Gasteiger partial charge in [0.05, 0.1) is 24.4 Å². The van der Waals surface area contributed by atoms with Crippen molar-refractivity contribution >= 4 is 19.0 Å². The maximum atomic E-state index is 12.2. The molecule has 2 N–H and O–H groups in total. The van der Waals surface area contributed by atoms with Gasteiger partial charge >= 0.3 is 13.1 Å². The van der Waals surface area contributed by atoms with Crippen molar-refractivity contribution in [1.82, 2.24) is 5.32 Å². The van der Waals surface area contributed by atoms with Gasteiger partial charge in [0.2, 0.25) is 5.91 Å². The van der Waals surface area contributed by atoms with E-state index in [-0.39, 0.29) is 30.8 Å². The lowest BCUT2D eigenvalue weighted by atomic mass is 9.81. The molecule has 1 fully saturated rings. The summed E-state index contributed by atoms with van der Waals surface area (Å²) in [5.41, 5.74) is -2.13. The maximum absolute atomic E-state index is 12.2. The zero-order valence-electron chi connectivity index (χ0n) is 16.3. The molecule has 1 unspecified atom stereocenters. The van der Waals surface area contributed by atoms with Crippen LogP contribution in [0.3, 0.4) is 0 Å². The summed E-state index contributed by atoms with van der Waals surface area (Å²) >= 11 is 0. The summed E-state index contributed by atoms with van der Waals surface area (Å²) in [5.74, 6) is -0.989. The van der Waals surface area contributed by atoms with Gasteiger partial charge in [0, 0.05) is 6.92 Å². The molecule has 144 valence electrons. The number of carbonyl (C=O) groups excluding carboxylic acids is 2. The van der Waals surface area contributed by atoms with Crippen LogP contribution in [0.4, 0.5) is 0 Å². The van der Waals surface area contributed by atoms with Gasteiger partial charge in [-0.15, -0.1) is 0 Å². The fourth-order valence-electron chi connectivity index (χ4n) is 2.83. The number of ether oxygens (including phenoxy) is 1. The molecule has 0 saturated carbocycles. The van der Waals surface area contributed by atoms with Gasteiger partial charge in [-0.1, -0.05) is 12.8 Å². The first-order chi connectivity index (χ1) is 11.5. The number of unbranched alkanes of at least 4 members (excludes halogenated alkanes) is 1. The molecule has 1 saturated heterocycles. The molecule has 0 radical (unpaired) electrons. The highest BCUT2D eigenvalue weighted by molar-refractivity contribution is 6.45. The molecule has 1 heterocycles. The minimum Gasteiger partial charge on any atom is -0.464 e. The molecule has 0 spiro atoms. The van der Waals surface area contributed by atoms with E-state index in [0.717, 1.165) is 6.42 Å². The summed E-state index contributed by atoms with van der Waals surface area (Å²) < 4.78 is 16.9. The zero-order chi connectivity index (χ0) is 19.3. The van der Waals surface area contributed by atoms with Crippen LogP contribution in [-0.2, 0) is 23.6 Å². The van der Waals surface area contributed by atoms with Crippen LogP contribution in [-0.4, -0.2) is 54.1 Å². The number of rotatable bonds is 9. The minimum atomic E-state index is -1.39. The normalized spacial score (nSPS) is 20.8. The zero-order valence-corrected chi connectivity index (χ0v) is 16.3. The van der Waals surface area contributed by atoms with Crippen LogP contribution >= 0.6 is 0 Å². The third kappa shape index (κ3) is 5.43. The Hall–Kier alpha value is -1.12. The molecule has 8 heteroatoms. The molecule has 1 atom stereocenters. The largest absolute Gasteiger partial charge is 0.464 e. The summed E-state index contributed by atoms with van der Waals surface area (Å²) in [6.07, 6.45) is 2.32. The number of carbonyl (C=O) groups is 2. The van der Waals surface area contributed by atoms with Gasteiger partial charge in [0.25, 0.3) is 0 Å². The monoisotopic (exact) mass is 357 g/mol. The number of hydrogen-bond acceptors (Lipinski definition) is 6. The quantitative estimate of drug-likeness (QED) is 0.370. The first kappa shape index (κ1) is 21.9. The Labute approximate surface area is 150 Å². The Morgan fingerprint density at radius 1 is 1.16 bits per heavy atom. The molecule has 25 heavy (non-hydrogen) atoms. The SMILES string of the molecule is CCOC(=O)C(CO)(CCCCB1OC(C)(C)C(C)(C)O1)NC(C)=O. The molecule has 0 aromatic heterocycles. The minimum absolute atomic E-state index is 0.189. The molecular formula is C17H32BNO6. The van der Waals surface area contributed by atoms with Crippen molar-refractivity contribution in [2.24, 2.45) is 0 Å². The van der Waals surface area contributed by atoms with Crippen molar-refractivity contribution in [3.8, 4) is 0 Å². The number of amides is 1. The Morgan fingerprint density at radius 2 is 1.72 bits per heavy atom. The second-order valence-corrected chi connectivity index (χ2v) is 7.57. The lowest BCUT2D eigenvalue weighted by Crippen LogP contribution is -2.57. The van der Waals surface area contributed by atoms with E-state index < -0.39 is 18.1 Å². The Balaban J connectivity index is 2.58. The van der Waals surface area contributed by atoms with Gasteiger partial charge in [-0.05, 0) is 47.4 Å². The van der Waals surface area contributed by atoms with Crippen LogP contribution in [0, 0.1) is 0 Å². The number of aliphatic hydroxyl groups is 1. The topological polar surface area (TPSA) is 94.1 Å². The van der Waals surface area contributed by atoms with Crippen LogP contribution < -0.4 is 5.32 Å². The number of nitrogens with one attached hydrogen (secondary N) is 1. The fraction of sp³-hybridized carbons (Fsp3) is 0.882. The van der Waals surface area contributed by atoms with Gasteiger partial charge < -0.3 is 24.5 Å². The molecule has 1 rings (SSSR count). The number of esters is 1. The van der Waals surface area contributed by atoms with Crippen LogP contribution in [0.2, 0.25) is 6.32 Å². The van der Waals surface area contributed by atoms with E-state index in [1.165, 1.54) is 6.92 Å². The molecule has 1 amide bonds. The van der Waals surface area contributed by atoms with Crippen molar-refractivity contribution < 1.29 is 28.7 Å². The number of hydrogen-bond donors (Lipinski definition) is 2. The van der Waals surface area contributed by atoms with Gasteiger partial charge in [0.1, 0.15) is 0 Å². The van der Waals surface area contributed by atoms with E-state index in [1.54, 1.807) is 6.92 Å². The van der Waals surface area contributed by atoms with E-state index in [1.807, 2.05) is 27.7 Å². The highest BCUT2D eigenvalue weighted by Gasteiger charge is 2.50. The summed E-state index contributed by atoms with van der Waals surface area (Å²) in [6.45, 7) is 10.7. The first-order valence-electron chi connectivity index (χ1n) is 8.92. The number of aliphatic hydroxyl groups excluding tert-OH is 1. The van der Waals surface area contributed by atoms with Gasteiger partial charge in [-0.3, -0.25) is 4.79 Å². The van der Waals surface area contributed by atoms with Gasteiger partial charge in [0.15, 0.2) is 5.54 Å². The third-order valence-electron chi connectivity index (χ3n) is 4.95. The average molecular weight is 357 g/mol. The van der Waals surface area contributed by atoms with Crippen molar-refractivity contribution in [2.75, 3.05) is 13.2 Å². The summed E-state index contributed by atoms with van der Waals surface area (Å²) in [6, 6.07) is 0. The predicted octanol–water partition coefficient (Wildman–Crippen LogP) is 1.68. The highest BCUT2D eigenvalue weighted by atomic mass is 16.7. The van der Waals surface area contributed by atoms with Crippen molar-refractivity contribution in [2.45, 2.75) is 83.9 Å². The Morgan fingerprint density at radius 3 is 2.16 bits per heavy atom. The molecule has 0 aromatic carbocycles. The average Bonchev–Trinajstić information content (AvgIpc) is 2.69. The van der Waals surface area contributed by atoms with Crippen LogP contribution in [0.1, 0.15) is 60.8 Å². The summed E-state index contributed by atoms with van der Waals surface area (Å²) in [5, 5.41) is 12.3. The van der Waals surface area contributed by atoms with E-state index in [2.05, 4.69) is 5.32 Å². The third-order valence-corrected chi connectivity index (χ3v) is 4.95. The van der Waals surface area contributed by atoms with Crippen LogP contribution in [0.5, 0.6) is 0 Å². The second-order valence-electron chi connectivity index (χ2n) is 7.57. The van der Waals surface area contributed by atoms with E-state index >= 15 is 0 Å². The maximum Gasteiger partial charge on any atom is 0.457 e. The molecule has 0 aliphatic carbocycles. The lowest BCUT2D eigenvalue weighted by molar-refractivity contribution is -0.155.